The highest BCUT2D eigenvalue weighted by molar-refractivity contribution is 5.91. The number of benzene rings is 1. The van der Waals surface area contributed by atoms with Gasteiger partial charge in [-0.25, -0.2) is 0 Å². The summed E-state index contributed by atoms with van der Waals surface area (Å²) in [6.45, 7) is 2.04. The number of nitrogens with zero attached hydrogens (tertiary/aromatic N) is 2. The average Bonchev–Trinajstić information content (AvgIpc) is 3.49. The molecule has 2 bridgehead atoms. The van der Waals surface area contributed by atoms with Crippen molar-refractivity contribution in [2.24, 2.45) is 5.92 Å². The smallest absolute Gasteiger partial charge is 0.246 e. The molecule has 6 heteroatoms. The van der Waals surface area contributed by atoms with Crippen molar-refractivity contribution in [2.45, 2.75) is 68.0 Å². The van der Waals surface area contributed by atoms with E-state index in [0.717, 1.165) is 55.8 Å². The van der Waals surface area contributed by atoms with E-state index in [4.69, 9.17) is 4.42 Å². The van der Waals surface area contributed by atoms with E-state index < -0.39 is 11.0 Å². The average molecular weight is 463 g/mol. The van der Waals surface area contributed by atoms with Gasteiger partial charge in [-0.05, 0) is 92.8 Å². The number of aromatic hydroxyl groups is 1. The Kier molecular flexibility index (Phi) is 5.15. The molecule has 6 nitrogen and oxygen atoms in total. The minimum atomic E-state index is -0.839. The Morgan fingerprint density at radius 3 is 2.88 bits per heavy atom. The third-order valence-corrected chi connectivity index (χ3v) is 9.16. The highest BCUT2D eigenvalue weighted by atomic mass is 16.3. The summed E-state index contributed by atoms with van der Waals surface area (Å²) < 4.78 is 5.09. The molecule has 4 aliphatic rings. The summed E-state index contributed by atoms with van der Waals surface area (Å²) in [5.41, 5.74) is 1.91. The molecule has 1 aliphatic heterocycles. The van der Waals surface area contributed by atoms with Gasteiger partial charge in [0.15, 0.2) is 0 Å². The fraction of sp³-hybridized carbons (Fsp3) is 0.536. The van der Waals surface area contributed by atoms with Gasteiger partial charge in [0, 0.05) is 42.7 Å². The van der Waals surface area contributed by atoms with E-state index in [0.29, 0.717) is 6.42 Å². The van der Waals surface area contributed by atoms with Crippen molar-refractivity contribution in [3.8, 4) is 5.75 Å². The lowest BCUT2D eigenvalue weighted by Crippen LogP contribution is -2.74. The Labute approximate surface area is 200 Å². The van der Waals surface area contributed by atoms with Crippen molar-refractivity contribution in [3.05, 3.63) is 59.6 Å². The van der Waals surface area contributed by atoms with E-state index in [-0.39, 0.29) is 23.7 Å². The molecule has 0 radical (unpaired) electrons. The Bertz CT molecular complexity index is 1110. The van der Waals surface area contributed by atoms with Gasteiger partial charge in [-0.2, -0.15) is 0 Å². The van der Waals surface area contributed by atoms with Gasteiger partial charge in [0.25, 0.3) is 0 Å². The Morgan fingerprint density at radius 1 is 1.26 bits per heavy atom. The molecule has 3 fully saturated rings. The molecule has 4 atom stereocenters. The zero-order valence-corrected chi connectivity index (χ0v) is 19.8. The first-order valence-corrected chi connectivity index (χ1v) is 12.7. The number of likely N-dealkylation sites (tertiary alicyclic amines) is 1. The van der Waals surface area contributed by atoms with Gasteiger partial charge >= 0.3 is 0 Å². The molecule has 0 spiro atoms. The van der Waals surface area contributed by atoms with Gasteiger partial charge < -0.3 is 19.5 Å². The van der Waals surface area contributed by atoms with E-state index in [2.05, 4.69) is 4.90 Å². The van der Waals surface area contributed by atoms with Crippen molar-refractivity contribution in [1.29, 1.82) is 0 Å². The predicted molar refractivity (Wildman–Crippen MR) is 129 cm³/mol. The van der Waals surface area contributed by atoms with E-state index in [1.807, 2.05) is 30.1 Å². The zero-order valence-electron chi connectivity index (χ0n) is 19.8. The highest BCUT2D eigenvalue weighted by Crippen LogP contribution is 2.59. The number of phenols is 1. The molecule has 0 unspecified atom stereocenters. The number of carbonyl (C=O) groups excluding carboxylic acids is 1. The lowest BCUT2D eigenvalue weighted by Gasteiger charge is -2.65. The largest absolute Gasteiger partial charge is 0.508 e. The second-order valence-electron chi connectivity index (χ2n) is 11.0. The first kappa shape index (κ1) is 21.9. The number of hydrogen-bond donors (Lipinski definition) is 2. The van der Waals surface area contributed by atoms with Crippen LogP contribution in [0, 0.1) is 5.92 Å². The third-order valence-electron chi connectivity index (χ3n) is 9.16. The molecule has 2 aromatic rings. The van der Waals surface area contributed by atoms with Crippen LogP contribution in [-0.2, 0) is 16.6 Å². The van der Waals surface area contributed by atoms with Crippen LogP contribution in [0.1, 0.15) is 55.2 Å². The van der Waals surface area contributed by atoms with Crippen molar-refractivity contribution in [1.82, 2.24) is 9.80 Å². The number of carbonyl (C=O) groups is 1. The fourth-order valence-corrected chi connectivity index (χ4v) is 7.09. The second-order valence-corrected chi connectivity index (χ2v) is 11.0. The summed E-state index contributed by atoms with van der Waals surface area (Å²) in [5, 5.41) is 22.8. The maximum atomic E-state index is 13.0. The van der Waals surface area contributed by atoms with Gasteiger partial charge in [-0.3, -0.25) is 9.69 Å². The number of fused-ring (bicyclic) bond motifs is 1. The van der Waals surface area contributed by atoms with Crippen LogP contribution in [0.4, 0.5) is 0 Å². The molecular weight excluding hydrogens is 428 g/mol. The van der Waals surface area contributed by atoms with E-state index in [1.54, 1.807) is 30.7 Å². The number of aliphatic hydroxyl groups is 1. The third kappa shape index (κ3) is 3.42. The summed E-state index contributed by atoms with van der Waals surface area (Å²) in [5.74, 6) is 0.992. The van der Waals surface area contributed by atoms with Crippen LogP contribution in [0.15, 0.2) is 47.3 Å². The molecule has 1 aromatic carbocycles. The number of furan rings is 1. The van der Waals surface area contributed by atoms with Crippen LogP contribution in [-0.4, -0.2) is 63.7 Å². The fourth-order valence-electron chi connectivity index (χ4n) is 7.09. The molecule has 6 rings (SSSR count). The van der Waals surface area contributed by atoms with Crippen molar-refractivity contribution >= 4 is 12.0 Å². The minimum Gasteiger partial charge on any atom is -0.508 e. The first-order chi connectivity index (χ1) is 16.4. The number of piperidine rings is 1. The van der Waals surface area contributed by atoms with Gasteiger partial charge in [0.2, 0.25) is 5.91 Å². The van der Waals surface area contributed by atoms with Crippen molar-refractivity contribution in [2.75, 3.05) is 20.1 Å². The normalized spacial score (nSPS) is 32.9. The molecule has 1 aromatic heterocycles. The zero-order chi connectivity index (χ0) is 23.5. The predicted octanol–water partition coefficient (Wildman–Crippen LogP) is 3.72. The minimum absolute atomic E-state index is 0.0331. The topological polar surface area (TPSA) is 77.2 Å². The van der Waals surface area contributed by atoms with Crippen molar-refractivity contribution < 1.29 is 19.4 Å². The summed E-state index contributed by atoms with van der Waals surface area (Å²) in [6.07, 6.45) is 13.0. The summed E-state index contributed by atoms with van der Waals surface area (Å²) in [6, 6.07) is 7.66. The number of amides is 1. The maximum absolute atomic E-state index is 13.0. The van der Waals surface area contributed by atoms with Crippen LogP contribution in [0.5, 0.6) is 5.75 Å². The van der Waals surface area contributed by atoms with Crippen molar-refractivity contribution in [3.63, 3.8) is 0 Å². The van der Waals surface area contributed by atoms with E-state index >= 15 is 0 Å². The van der Waals surface area contributed by atoms with E-state index in [9.17, 15) is 15.0 Å². The maximum Gasteiger partial charge on any atom is 0.246 e. The monoisotopic (exact) mass is 462 g/mol. The SMILES string of the molecule is CN(C(=O)/C=C/c1ccoc1)[C@H]1CC[C@@]2(O)[C@H]3Cc4ccc(O)cc4[C@@]2(CCN3CC2CC2)C1. The summed E-state index contributed by atoms with van der Waals surface area (Å²) >= 11 is 0. The molecule has 2 heterocycles. The van der Waals surface area contributed by atoms with Crippen LogP contribution < -0.4 is 0 Å². The molecule has 2 saturated carbocycles. The van der Waals surface area contributed by atoms with Crippen LogP contribution in [0.3, 0.4) is 0 Å². The van der Waals surface area contributed by atoms with Crippen LogP contribution in [0.2, 0.25) is 0 Å². The molecular formula is C28H34N2O4. The van der Waals surface area contributed by atoms with Gasteiger partial charge in [0.05, 0.1) is 18.1 Å². The molecule has 34 heavy (non-hydrogen) atoms. The van der Waals surface area contributed by atoms with Gasteiger partial charge in [-0.15, -0.1) is 0 Å². The van der Waals surface area contributed by atoms with Gasteiger partial charge in [-0.1, -0.05) is 6.07 Å². The number of likely N-dealkylation sites (N-methyl/N-ethyl adjacent to an activating group) is 1. The molecule has 1 saturated heterocycles. The second kappa shape index (κ2) is 7.99. The Balaban J connectivity index is 1.32. The lowest BCUT2D eigenvalue weighted by molar-refractivity contribution is -0.177. The number of rotatable bonds is 5. The Morgan fingerprint density at radius 2 is 2.12 bits per heavy atom. The summed E-state index contributed by atoms with van der Waals surface area (Å²) in [7, 11) is 1.87. The summed E-state index contributed by atoms with van der Waals surface area (Å²) in [4.78, 5) is 17.4. The first-order valence-electron chi connectivity index (χ1n) is 12.7. The Hall–Kier alpha value is -2.57. The number of hydrogen-bond acceptors (Lipinski definition) is 5. The number of phenolic OH excluding ortho intramolecular Hbond substituents is 1. The quantitative estimate of drug-likeness (QED) is 0.663. The highest BCUT2D eigenvalue weighted by Gasteiger charge is 2.65. The molecule has 1 amide bonds. The van der Waals surface area contributed by atoms with Gasteiger partial charge in [0.1, 0.15) is 5.75 Å². The lowest BCUT2D eigenvalue weighted by atomic mass is 9.48. The van der Waals surface area contributed by atoms with Crippen LogP contribution >= 0.6 is 0 Å². The van der Waals surface area contributed by atoms with E-state index in [1.165, 1.54) is 18.4 Å². The molecule has 180 valence electrons. The van der Waals surface area contributed by atoms with Crippen LogP contribution in [0.25, 0.3) is 6.08 Å². The molecule has 3 aliphatic carbocycles. The standard InChI is InChI=1S/C28H34N2O4/c1-29(26(32)7-4-20-9-13-34-18-20)22-8-10-28(33)25-14-21-5-6-23(31)15-24(21)27(28,16-22)11-12-30(25)17-19-2-3-19/h4-7,9,13,15,18-19,22,25,31,33H,2-3,8,10-12,14,16-17H2,1H3/b7-4+/t22-,25+,27+,28+/m0/s1. The molecule has 2 N–H and O–H groups in total.